The predicted octanol–water partition coefficient (Wildman–Crippen LogP) is 2.69. The van der Waals surface area contributed by atoms with Gasteiger partial charge in [-0.3, -0.25) is 14.7 Å². The Kier molecular flexibility index (Phi) is 4.78. The van der Waals surface area contributed by atoms with Crippen LogP contribution >= 0.6 is 0 Å². The average molecular weight is 340 g/mol. The molecule has 0 N–H and O–H groups in total. The van der Waals surface area contributed by atoms with Crippen molar-refractivity contribution in [2.75, 3.05) is 26.2 Å². The van der Waals surface area contributed by atoms with Crippen molar-refractivity contribution in [1.29, 1.82) is 0 Å². The van der Waals surface area contributed by atoms with Crippen LogP contribution < -0.4 is 0 Å². The van der Waals surface area contributed by atoms with Gasteiger partial charge in [0.25, 0.3) is 5.91 Å². The number of piperidine rings is 1. The van der Waals surface area contributed by atoms with Gasteiger partial charge in [-0.1, -0.05) is 11.2 Å². The summed E-state index contributed by atoms with van der Waals surface area (Å²) in [5, 5.41) is 4.21. The van der Waals surface area contributed by atoms with Crippen LogP contribution in [0.2, 0.25) is 0 Å². The summed E-state index contributed by atoms with van der Waals surface area (Å²) in [6.07, 6.45) is 8.11. The lowest BCUT2D eigenvalue weighted by molar-refractivity contribution is 0.0751. The summed E-state index contributed by atoms with van der Waals surface area (Å²) < 4.78 is 5.38. The van der Waals surface area contributed by atoms with Gasteiger partial charge in [0.05, 0.1) is 5.69 Å². The molecule has 4 heterocycles. The highest BCUT2D eigenvalue weighted by molar-refractivity contribution is 5.91. The molecule has 1 amide bonds. The number of aromatic nitrogens is 2. The van der Waals surface area contributed by atoms with Crippen LogP contribution in [0.4, 0.5) is 0 Å². The first kappa shape index (κ1) is 16.3. The molecule has 2 aliphatic heterocycles. The number of hydrogen-bond donors (Lipinski definition) is 0. The number of nitrogens with zero attached hydrogens (tertiary/aromatic N) is 4. The molecule has 1 atom stereocenters. The minimum absolute atomic E-state index is 0.0146. The zero-order chi connectivity index (χ0) is 17.1. The Morgan fingerprint density at radius 3 is 2.92 bits per heavy atom. The highest BCUT2D eigenvalue weighted by Gasteiger charge is 2.27. The van der Waals surface area contributed by atoms with Crippen LogP contribution in [0.3, 0.4) is 0 Å². The maximum atomic E-state index is 12.4. The first-order chi connectivity index (χ1) is 12.3. The van der Waals surface area contributed by atoms with Crippen molar-refractivity contribution in [1.82, 2.24) is 19.9 Å². The molecule has 2 saturated heterocycles. The summed E-state index contributed by atoms with van der Waals surface area (Å²) in [4.78, 5) is 20.9. The fourth-order valence-corrected chi connectivity index (χ4v) is 3.85. The normalized spacial score (nSPS) is 21.6. The van der Waals surface area contributed by atoms with Crippen molar-refractivity contribution in [2.45, 2.75) is 38.1 Å². The van der Waals surface area contributed by atoms with E-state index in [0.717, 1.165) is 64.1 Å². The maximum absolute atomic E-state index is 12.4. The summed E-state index contributed by atoms with van der Waals surface area (Å²) in [7, 11) is 0. The fourth-order valence-electron chi connectivity index (χ4n) is 3.85. The van der Waals surface area contributed by atoms with Crippen LogP contribution in [0.5, 0.6) is 0 Å². The standard InChI is InChI=1S/C19H24N4O2/c24-19(23-9-1-2-10-23)18-11-17(21-25-18)16-6-4-8-22(14-16)13-15-5-3-7-20-12-15/h3,5,7,11-12,16H,1-2,4,6,8-10,13-14H2. The lowest BCUT2D eigenvalue weighted by Crippen LogP contribution is -2.34. The van der Waals surface area contributed by atoms with Crippen LogP contribution in [0.15, 0.2) is 35.1 Å². The van der Waals surface area contributed by atoms with Gasteiger partial charge in [0.1, 0.15) is 0 Å². The van der Waals surface area contributed by atoms with E-state index in [9.17, 15) is 4.79 Å². The van der Waals surface area contributed by atoms with E-state index >= 15 is 0 Å². The predicted molar refractivity (Wildman–Crippen MR) is 93.1 cm³/mol. The van der Waals surface area contributed by atoms with E-state index in [1.165, 1.54) is 5.56 Å². The van der Waals surface area contributed by atoms with E-state index in [2.05, 4.69) is 21.1 Å². The third-order valence-electron chi connectivity index (χ3n) is 5.19. The SMILES string of the molecule is O=C(c1cc(C2CCCN(Cc3cccnc3)C2)no1)N1CCCC1. The molecular formula is C19H24N4O2. The van der Waals surface area contributed by atoms with Crippen LogP contribution in [-0.4, -0.2) is 52.0 Å². The van der Waals surface area contributed by atoms with Gasteiger partial charge in [-0.05, 0) is 43.9 Å². The molecule has 0 aromatic carbocycles. The van der Waals surface area contributed by atoms with Gasteiger partial charge in [-0.2, -0.15) is 0 Å². The molecule has 0 bridgehead atoms. The van der Waals surface area contributed by atoms with Gasteiger partial charge < -0.3 is 9.42 Å². The minimum atomic E-state index is -0.0146. The largest absolute Gasteiger partial charge is 0.351 e. The van der Waals surface area contributed by atoms with E-state index in [1.54, 1.807) is 6.20 Å². The number of hydrogen-bond acceptors (Lipinski definition) is 5. The van der Waals surface area contributed by atoms with Gasteiger partial charge in [0.15, 0.2) is 0 Å². The fraction of sp³-hybridized carbons (Fsp3) is 0.526. The third-order valence-corrected chi connectivity index (χ3v) is 5.19. The average Bonchev–Trinajstić information content (AvgIpc) is 3.34. The van der Waals surface area contributed by atoms with Gasteiger partial charge in [0, 0.05) is 50.6 Å². The third kappa shape index (κ3) is 3.74. The molecule has 2 aromatic rings. The van der Waals surface area contributed by atoms with Crippen molar-refractivity contribution in [3.05, 3.63) is 47.6 Å². The number of pyridine rings is 1. The molecule has 6 nitrogen and oxygen atoms in total. The molecular weight excluding hydrogens is 316 g/mol. The molecule has 25 heavy (non-hydrogen) atoms. The smallest absolute Gasteiger partial charge is 0.292 e. The molecule has 0 aliphatic carbocycles. The highest BCUT2D eigenvalue weighted by Crippen LogP contribution is 2.28. The van der Waals surface area contributed by atoms with E-state index in [0.29, 0.717) is 11.7 Å². The quantitative estimate of drug-likeness (QED) is 0.856. The van der Waals surface area contributed by atoms with E-state index in [1.807, 2.05) is 23.2 Å². The summed E-state index contributed by atoms with van der Waals surface area (Å²) in [5.74, 6) is 0.704. The molecule has 4 rings (SSSR count). The molecule has 0 saturated carbocycles. The molecule has 6 heteroatoms. The second kappa shape index (κ2) is 7.35. The Bertz CT molecular complexity index is 709. The Balaban J connectivity index is 1.40. The molecule has 0 radical (unpaired) electrons. The van der Waals surface area contributed by atoms with E-state index in [-0.39, 0.29) is 5.91 Å². The second-order valence-corrected chi connectivity index (χ2v) is 7.05. The molecule has 2 aliphatic rings. The van der Waals surface area contributed by atoms with Crippen molar-refractivity contribution < 1.29 is 9.32 Å². The molecule has 2 aromatic heterocycles. The lowest BCUT2D eigenvalue weighted by atomic mass is 9.94. The van der Waals surface area contributed by atoms with E-state index < -0.39 is 0 Å². The Morgan fingerprint density at radius 2 is 2.12 bits per heavy atom. The van der Waals surface area contributed by atoms with Gasteiger partial charge in [-0.15, -0.1) is 0 Å². The zero-order valence-electron chi connectivity index (χ0n) is 14.4. The van der Waals surface area contributed by atoms with Crippen molar-refractivity contribution >= 4 is 5.91 Å². The van der Waals surface area contributed by atoms with Crippen LogP contribution in [0, 0.1) is 0 Å². The maximum Gasteiger partial charge on any atom is 0.292 e. The van der Waals surface area contributed by atoms with Crippen LogP contribution in [0.25, 0.3) is 0 Å². The van der Waals surface area contributed by atoms with Crippen LogP contribution in [0.1, 0.15) is 53.4 Å². The Labute approximate surface area is 147 Å². The number of carbonyl (C=O) groups is 1. The summed E-state index contributed by atoms with van der Waals surface area (Å²) in [6.45, 7) is 4.59. The number of carbonyl (C=O) groups excluding carboxylic acids is 1. The second-order valence-electron chi connectivity index (χ2n) is 7.05. The molecule has 0 spiro atoms. The lowest BCUT2D eigenvalue weighted by Gasteiger charge is -2.31. The number of amides is 1. The van der Waals surface area contributed by atoms with Crippen molar-refractivity contribution in [3.63, 3.8) is 0 Å². The molecule has 2 fully saturated rings. The summed E-state index contributed by atoms with van der Waals surface area (Å²) >= 11 is 0. The topological polar surface area (TPSA) is 62.5 Å². The van der Waals surface area contributed by atoms with E-state index in [4.69, 9.17) is 4.52 Å². The number of likely N-dealkylation sites (tertiary alicyclic amines) is 2. The first-order valence-corrected chi connectivity index (χ1v) is 9.17. The zero-order valence-corrected chi connectivity index (χ0v) is 14.4. The summed E-state index contributed by atoms with van der Waals surface area (Å²) in [6, 6.07) is 5.95. The van der Waals surface area contributed by atoms with Crippen LogP contribution in [-0.2, 0) is 6.54 Å². The molecule has 1 unspecified atom stereocenters. The molecule has 132 valence electrons. The van der Waals surface area contributed by atoms with Crippen molar-refractivity contribution in [2.24, 2.45) is 0 Å². The van der Waals surface area contributed by atoms with Crippen molar-refractivity contribution in [3.8, 4) is 0 Å². The van der Waals surface area contributed by atoms with Gasteiger partial charge in [0.2, 0.25) is 5.76 Å². The summed E-state index contributed by atoms with van der Waals surface area (Å²) in [5.41, 5.74) is 2.15. The van der Waals surface area contributed by atoms with Gasteiger partial charge in [-0.25, -0.2) is 0 Å². The minimum Gasteiger partial charge on any atom is -0.351 e. The Hall–Kier alpha value is -2.21. The number of rotatable bonds is 4. The first-order valence-electron chi connectivity index (χ1n) is 9.17. The van der Waals surface area contributed by atoms with Gasteiger partial charge >= 0.3 is 0 Å². The highest BCUT2D eigenvalue weighted by atomic mass is 16.5. The Morgan fingerprint density at radius 1 is 1.24 bits per heavy atom. The monoisotopic (exact) mass is 340 g/mol.